The Labute approximate surface area is 76.3 Å². The molecule has 0 fully saturated rings. The first-order valence-electron chi connectivity index (χ1n) is 4.14. The molecule has 0 saturated heterocycles. The van der Waals surface area contributed by atoms with Crippen molar-refractivity contribution >= 4 is 11.9 Å². The van der Waals surface area contributed by atoms with Crippen molar-refractivity contribution in [1.29, 1.82) is 0 Å². The molecule has 0 aliphatic heterocycles. The van der Waals surface area contributed by atoms with Gasteiger partial charge in [-0.2, -0.15) is 0 Å². The van der Waals surface area contributed by atoms with Gasteiger partial charge in [-0.15, -0.1) is 0 Å². The first-order chi connectivity index (χ1) is 6.07. The number of carboxylic acids is 2. The molecule has 0 aromatic carbocycles. The minimum Gasteiger partial charge on any atom is -0.481 e. The summed E-state index contributed by atoms with van der Waals surface area (Å²) in [5.74, 6) is -1.95. The van der Waals surface area contributed by atoms with Crippen LogP contribution in [0.5, 0.6) is 0 Å². The van der Waals surface area contributed by atoms with E-state index in [0.717, 1.165) is 0 Å². The normalized spacial score (nSPS) is 12.4. The molecule has 13 heavy (non-hydrogen) atoms. The quantitative estimate of drug-likeness (QED) is 0.618. The third kappa shape index (κ3) is 6.10. The number of hydrogen-bond donors (Lipinski definition) is 2. The summed E-state index contributed by atoms with van der Waals surface area (Å²) in [6.07, 6.45) is -0.317. The lowest BCUT2D eigenvalue weighted by atomic mass is 10.1. The second-order valence-electron chi connectivity index (χ2n) is 2.57. The highest BCUT2D eigenvalue weighted by atomic mass is 16.5. The van der Waals surface area contributed by atoms with E-state index < -0.39 is 18.0 Å². The number of carbonyl (C=O) groups is 2. The molecule has 0 spiro atoms. The van der Waals surface area contributed by atoms with E-state index in [1.54, 1.807) is 6.92 Å². The maximum absolute atomic E-state index is 10.5. The molecule has 5 nitrogen and oxygen atoms in total. The van der Waals surface area contributed by atoms with Crippen molar-refractivity contribution in [2.24, 2.45) is 0 Å². The van der Waals surface area contributed by atoms with Gasteiger partial charge in [0.25, 0.3) is 0 Å². The molecule has 76 valence electrons. The molecule has 0 saturated carbocycles. The Morgan fingerprint density at radius 2 is 2.00 bits per heavy atom. The molecule has 0 radical (unpaired) electrons. The van der Waals surface area contributed by atoms with Crippen molar-refractivity contribution in [3.63, 3.8) is 0 Å². The molecule has 0 aliphatic rings. The maximum atomic E-state index is 10.5. The molecule has 0 heterocycles. The van der Waals surface area contributed by atoms with Gasteiger partial charge in [0.15, 0.2) is 6.10 Å². The van der Waals surface area contributed by atoms with E-state index in [4.69, 9.17) is 14.9 Å². The second-order valence-corrected chi connectivity index (χ2v) is 2.57. The van der Waals surface area contributed by atoms with Crippen molar-refractivity contribution < 1.29 is 24.5 Å². The summed E-state index contributed by atoms with van der Waals surface area (Å²) < 4.78 is 4.89. The van der Waals surface area contributed by atoms with Gasteiger partial charge in [0.2, 0.25) is 0 Å². The van der Waals surface area contributed by atoms with E-state index >= 15 is 0 Å². The van der Waals surface area contributed by atoms with Crippen LogP contribution in [0.1, 0.15) is 26.2 Å². The summed E-state index contributed by atoms with van der Waals surface area (Å²) in [6, 6.07) is 0. The van der Waals surface area contributed by atoms with E-state index in [1.165, 1.54) is 0 Å². The predicted molar refractivity (Wildman–Crippen MR) is 44.5 cm³/mol. The second kappa shape index (κ2) is 6.42. The lowest BCUT2D eigenvalue weighted by Gasteiger charge is -2.10. The number of hydrogen-bond acceptors (Lipinski definition) is 3. The van der Waals surface area contributed by atoms with Crippen molar-refractivity contribution in [3.8, 4) is 0 Å². The Bertz CT molecular complexity index is 177. The lowest BCUT2D eigenvalue weighted by Crippen LogP contribution is -2.23. The largest absolute Gasteiger partial charge is 0.481 e. The molecule has 0 bridgehead atoms. The number of carboxylic acid groups (broad SMARTS) is 2. The summed E-state index contributed by atoms with van der Waals surface area (Å²) in [6.45, 7) is 2.02. The van der Waals surface area contributed by atoms with E-state index in [-0.39, 0.29) is 12.8 Å². The Morgan fingerprint density at radius 3 is 2.38 bits per heavy atom. The zero-order chi connectivity index (χ0) is 10.3. The van der Waals surface area contributed by atoms with Crippen molar-refractivity contribution in [3.05, 3.63) is 0 Å². The minimum absolute atomic E-state index is 0.0170. The van der Waals surface area contributed by atoms with Gasteiger partial charge >= 0.3 is 11.9 Å². The van der Waals surface area contributed by atoms with Gasteiger partial charge in [-0.3, -0.25) is 4.79 Å². The average Bonchev–Trinajstić information content (AvgIpc) is 2.02. The Kier molecular flexibility index (Phi) is 5.88. The van der Waals surface area contributed by atoms with Crippen molar-refractivity contribution in [2.45, 2.75) is 32.3 Å². The SMILES string of the molecule is CCOC(CCCC(=O)O)C(=O)O. The van der Waals surface area contributed by atoms with Crippen LogP contribution in [0.4, 0.5) is 0 Å². The summed E-state index contributed by atoms with van der Waals surface area (Å²) in [5.41, 5.74) is 0. The molecule has 5 heteroatoms. The molecule has 0 rings (SSSR count). The molecular formula is C8H14O5. The van der Waals surface area contributed by atoms with Crippen LogP contribution >= 0.6 is 0 Å². The molecule has 1 atom stereocenters. The maximum Gasteiger partial charge on any atom is 0.332 e. The topological polar surface area (TPSA) is 83.8 Å². The van der Waals surface area contributed by atoms with Crippen LogP contribution in [0.25, 0.3) is 0 Å². The van der Waals surface area contributed by atoms with Crippen LogP contribution in [0.3, 0.4) is 0 Å². The third-order valence-electron chi connectivity index (χ3n) is 1.50. The Morgan fingerprint density at radius 1 is 1.38 bits per heavy atom. The third-order valence-corrected chi connectivity index (χ3v) is 1.50. The summed E-state index contributed by atoms with van der Waals surface area (Å²) >= 11 is 0. The number of rotatable bonds is 7. The fraction of sp³-hybridized carbons (Fsp3) is 0.750. The van der Waals surface area contributed by atoms with Gasteiger partial charge in [0.05, 0.1) is 0 Å². The Balaban J connectivity index is 3.69. The van der Waals surface area contributed by atoms with E-state index in [2.05, 4.69) is 0 Å². The van der Waals surface area contributed by atoms with Gasteiger partial charge < -0.3 is 14.9 Å². The highest BCUT2D eigenvalue weighted by Gasteiger charge is 2.16. The molecule has 0 aromatic rings. The molecule has 0 aliphatic carbocycles. The average molecular weight is 190 g/mol. The van der Waals surface area contributed by atoms with Gasteiger partial charge in [-0.1, -0.05) is 0 Å². The monoisotopic (exact) mass is 190 g/mol. The minimum atomic E-state index is -1.03. The van der Waals surface area contributed by atoms with Crippen LogP contribution in [-0.4, -0.2) is 34.9 Å². The predicted octanol–water partition coefficient (Wildman–Crippen LogP) is 0.731. The molecule has 0 aromatic heterocycles. The van der Waals surface area contributed by atoms with Crippen LogP contribution in [0, 0.1) is 0 Å². The van der Waals surface area contributed by atoms with E-state index in [9.17, 15) is 9.59 Å². The van der Waals surface area contributed by atoms with Crippen LogP contribution in [0.15, 0.2) is 0 Å². The first-order valence-corrected chi connectivity index (χ1v) is 4.14. The van der Waals surface area contributed by atoms with Gasteiger partial charge in [0.1, 0.15) is 0 Å². The zero-order valence-corrected chi connectivity index (χ0v) is 7.52. The highest BCUT2D eigenvalue weighted by Crippen LogP contribution is 2.05. The standard InChI is InChI=1S/C8H14O5/c1-2-13-6(8(11)12)4-3-5-7(9)10/h6H,2-5H2,1H3,(H,9,10)(H,11,12). The molecule has 2 N–H and O–H groups in total. The van der Waals surface area contributed by atoms with E-state index in [1.807, 2.05) is 0 Å². The van der Waals surface area contributed by atoms with Crippen molar-refractivity contribution in [2.75, 3.05) is 6.61 Å². The molecule has 1 unspecified atom stereocenters. The van der Waals surface area contributed by atoms with Crippen LogP contribution in [0.2, 0.25) is 0 Å². The highest BCUT2D eigenvalue weighted by molar-refractivity contribution is 5.72. The lowest BCUT2D eigenvalue weighted by molar-refractivity contribution is -0.151. The molecule has 0 amide bonds. The Hall–Kier alpha value is -1.10. The fourth-order valence-electron chi connectivity index (χ4n) is 0.918. The zero-order valence-electron chi connectivity index (χ0n) is 7.52. The first kappa shape index (κ1) is 11.9. The van der Waals surface area contributed by atoms with Gasteiger partial charge in [-0.25, -0.2) is 4.79 Å². The van der Waals surface area contributed by atoms with Crippen molar-refractivity contribution in [1.82, 2.24) is 0 Å². The number of aliphatic carboxylic acids is 2. The summed E-state index contributed by atoms with van der Waals surface area (Å²) in [5, 5.41) is 16.9. The summed E-state index contributed by atoms with van der Waals surface area (Å²) in [4.78, 5) is 20.6. The van der Waals surface area contributed by atoms with E-state index in [0.29, 0.717) is 13.0 Å². The van der Waals surface area contributed by atoms with Gasteiger partial charge in [-0.05, 0) is 19.8 Å². The summed E-state index contributed by atoms with van der Waals surface area (Å²) in [7, 11) is 0. The fourth-order valence-corrected chi connectivity index (χ4v) is 0.918. The number of ether oxygens (including phenoxy) is 1. The van der Waals surface area contributed by atoms with Crippen LogP contribution < -0.4 is 0 Å². The molecular weight excluding hydrogens is 176 g/mol. The van der Waals surface area contributed by atoms with Gasteiger partial charge in [0, 0.05) is 13.0 Å². The smallest absolute Gasteiger partial charge is 0.332 e. The van der Waals surface area contributed by atoms with Crippen LogP contribution in [-0.2, 0) is 14.3 Å².